The molecule has 0 bridgehead atoms. The zero-order valence-corrected chi connectivity index (χ0v) is 14.9. The number of phenols is 1. The monoisotopic (exact) mass is 379 g/mol. The maximum atomic E-state index is 9.87. The van der Waals surface area contributed by atoms with Gasteiger partial charge in [0.1, 0.15) is 5.75 Å². The van der Waals surface area contributed by atoms with Crippen LogP contribution < -0.4 is 10.7 Å². The Bertz CT molecular complexity index is 810. The predicted molar refractivity (Wildman–Crippen MR) is 102 cm³/mol. The van der Waals surface area contributed by atoms with E-state index in [1.165, 1.54) is 23.4 Å². The molecule has 3 N–H and O–H groups in total. The van der Waals surface area contributed by atoms with E-state index < -0.39 is 0 Å². The lowest BCUT2D eigenvalue weighted by atomic mass is 10.1. The SMILES string of the molecule is Oc1c(Cl)cc(Cl)cc1/C=N/NC(=S)N[C@@H]1CCc2ccccc21. The third-order valence-corrected chi connectivity index (χ3v) is 4.58. The van der Waals surface area contributed by atoms with Gasteiger partial charge in [-0.15, -0.1) is 0 Å². The molecule has 3 rings (SSSR count). The minimum atomic E-state index is -0.0739. The van der Waals surface area contributed by atoms with E-state index in [2.05, 4.69) is 28.0 Å². The van der Waals surface area contributed by atoms with Crippen LogP contribution in [0.1, 0.15) is 29.2 Å². The Morgan fingerprint density at radius 3 is 2.92 bits per heavy atom. The van der Waals surface area contributed by atoms with E-state index in [9.17, 15) is 5.11 Å². The molecule has 2 aromatic rings. The molecule has 0 aromatic heterocycles. The molecular weight excluding hydrogens is 365 g/mol. The second-order valence-corrected chi connectivity index (χ2v) is 6.71. The Labute approximate surface area is 155 Å². The standard InChI is InChI=1S/C17H15Cl2N3OS/c18-12-7-11(16(23)14(19)8-12)9-20-22-17(24)21-15-6-5-10-3-1-2-4-13(10)15/h1-4,7-9,15,23H,5-6H2,(H2,21,22,24)/b20-9+/t15-/m1/s1. The molecule has 0 saturated carbocycles. The molecule has 24 heavy (non-hydrogen) atoms. The van der Waals surface area contributed by atoms with Crippen LogP contribution in [0.2, 0.25) is 10.0 Å². The van der Waals surface area contributed by atoms with E-state index in [4.69, 9.17) is 35.4 Å². The van der Waals surface area contributed by atoms with Crippen LogP contribution in [0.4, 0.5) is 0 Å². The topological polar surface area (TPSA) is 56.7 Å². The highest BCUT2D eigenvalue weighted by Gasteiger charge is 2.22. The van der Waals surface area contributed by atoms with Gasteiger partial charge in [0.2, 0.25) is 0 Å². The minimum absolute atomic E-state index is 0.0739. The fourth-order valence-corrected chi connectivity index (χ4v) is 3.45. The predicted octanol–water partition coefficient (Wildman–Crippen LogP) is 4.18. The van der Waals surface area contributed by atoms with Crippen LogP contribution in [0.15, 0.2) is 41.5 Å². The van der Waals surface area contributed by atoms with Gasteiger partial charge in [-0.2, -0.15) is 5.10 Å². The molecule has 0 radical (unpaired) electrons. The van der Waals surface area contributed by atoms with Crippen molar-refractivity contribution >= 4 is 46.7 Å². The summed E-state index contributed by atoms with van der Waals surface area (Å²) in [6.45, 7) is 0. The molecule has 0 saturated heterocycles. The summed E-state index contributed by atoms with van der Waals surface area (Å²) in [6, 6.07) is 11.5. The van der Waals surface area contributed by atoms with E-state index >= 15 is 0 Å². The van der Waals surface area contributed by atoms with Crippen molar-refractivity contribution in [1.29, 1.82) is 0 Å². The van der Waals surface area contributed by atoms with E-state index in [0.717, 1.165) is 12.8 Å². The van der Waals surface area contributed by atoms with Gasteiger partial charge in [-0.05, 0) is 48.3 Å². The maximum Gasteiger partial charge on any atom is 0.187 e. The fraction of sp³-hybridized carbons (Fsp3) is 0.176. The zero-order valence-electron chi connectivity index (χ0n) is 12.6. The number of fused-ring (bicyclic) bond motifs is 1. The van der Waals surface area contributed by atoms with Gasteiger partial charge in [0.05, 0.1) is 17.3 Å². The molecule has 0 fully saturated rings. The van der Waals surface area contributed by atoms with Crippen LogP contribution in [0.3, 0.4) is 0 Å². The van der Waals surface area contributed by atoms with Crippen LogP contribution in [0.25, 0.3) is 0 Å². The first kappa shape index (κ1) is 17.0. The summed E-state index contributed by atoms with van der Waals surface area (Å²) in [4.78, 5) is 0. The summed E-state index contributed by atoms with van der Waals surface area (Å²) in [5, 5.41) is 18.2. The number of nitrogens with one attached hydrogen (secondary N) is 2. The number of halogens is 2. The third kappa shape index (κ3) is 3.80. The van der Waals surface area contributed by atoms with Gasteiger partial charge < -0.3 is 10.4 Å². The van der Waals surface area contributed by atoms with Crippen LogP contribution in [0.5, 0.6) is 5.75 Å². The molecule has 124 valence electrons. The first-order valence-electron chi connectivity index (χ1n) is 7.40. The number of nitrogens with zero attached hydrogens (tertiary/aromatic N) is 1. The summed E-state index contributed by atoms with van der Waals surface area (Å²) in [5.41, 5.74) is 5.77. The lowest BCUT2D eigenvalue weighted by molar-refractivity contribution is 0.474. The molecule has 1 aliphatic rings. The summed E-state index contributed by atoms with van der Waals surface area (Å²) >= 11 is 17.0. The average Bonchev–Trinajstić information content (AvgIpc) is 2.95. The Morgan fingerprint density at radius 2 is 2.08 bits per heavy atom. The summed E-state index contributed by atoms with van der Waals surface area (Å²) in [6.07, 6.45) is 3.45. The molecule has 0 spiro atoms. The van der Waals surface area contributed by atoms with Crippen molar-refractivity contribution in [2.45, 2.75) is 18.9 Å². The second-order valence-electron chi connectivity index (χ2n) is 5.46. The quantitative estimate of drug-likeness (QED) is 0.425. The first-order valence-corrected chi connectivity index (χ1v) is 8.56. The van der Waals surface area contributed by atoms with Crippen molar-refractivity contribution in [2.24, 2.45) is 5.10 Å². The van der Waals surface area contributed by atoms with Crippen LogP contribution in [-0.4, -0.2) is 16.4 Å². The van der Waals surface area contributed by atoms with Crippen LogP contribution in [-0.2, 0) is 6.42 Å². The Morgan fingerprint density at radius 1 is 1.29 bits per heavy atom. The molecule has 1 atom stereocenters. The highest BCUT2D eigenvalue weighted by atomic mass is 35.5. The first-order chi connectivity index (χ1) is 11.5. The summed E-state index contributed by atoms with van der Waals surface area (Å²) in [5.74, 6) is -0.0739. The van der Waals surface area contributed by atoms with Gasteiger partial charge in [0.15, 0.2) is 5.11 Å². The molecule has 0 unspecified atom stereocenters. The normalized spacial score (nSPS) is 16.2. The van der Waals surface area contributed by atoms with Gasteiger partial charge >= 0.3 is 0 Å². The molecule has 7 heteroatoms. The smallest absolute Gasteiger partial charge is 0.187 e. The molecule has 0 amide bonds. The number of hydrogen-bond donors (Lipinski definition) is 3. The Balaban J connectivity index is 1.61. The summed E-state index contributed by atoms with van der Waals surface area (Å²) in [7, 11) is 0. The van der Waals surface area contributed by atoms with Crippen molar-refractivity contribution in [1.82, 2.24) is 10.7 Å². The number of benzene rings is 2. The van der Waals surface area contributed by atoms with Crippen LogP contribution >= 0.6 is 35.4 Å². The number of aryl methyl sites for hydroxylation is 1. The van der Waals surface area contributed by atoms with Gasteiger partial charge in [-0.25, -0.2) is 0 Å². The number of aromatic hydroxyl groups is 1. The highest BCUT2D eigenvalue weighted by molar-refractivity contribution is 7.80. The average molecular weight is 380 g/mol. The van der Waals surface area contributed by atoms with Crippen LogP contribution in [0, 0.1) is 0 Å². The molecule has 0 aliphatic heterocycles. The van der Waals surface area contributed by atoms with E-state index in [1.54, 1.807) is 6.07 Å². The van der Waals surface area contributed by atoms with Crippen molar-refractivity contribution < 1.29 is 5.11 Å². The number of rotatable bonds is 3. The fourth-order valence-electron chi connectivity index (χ4n) is 2.74. The number of phenolic OH excluding ortho intramolecular Hbond substituents is 1. The molecule has 4 nitrogen and oxygen atoms in total. The lowest BCUT2D eigenvalue weighted by Crippen LogP contribution is -2.34. The third-order valence-electron chi connectivity index (χ3n) is 3.87. The Hall–Kier alpha value is -1.82. The van der Waals surface area contributed by atoms with Crippen molar-refractivity contribution in [3.8, 4) is 5.75 Å². The minimum Gasteiger partial charge on any atom is -0.506 e. The number of hydrogen-bond acceptors (Lipinski definition) is 3. The van der Waals surface area contributed by atoms with Gasteiger partial charge in [0, 0.05) is 10.6 Å². The van der Waals surface area contributed by atoms with Gasteiger partial charge in [0.25, 0.3) is 0 Å². The molecule has 2 aromatic carbocycles. The number of thiocarbonyl (C=S) groups is 1. The molecule has 1 aliphatic carbocycles. The number of hydrazone groups is 1. The highest BCUT2D eigenvalue weighted by Crippen LogP contribution is 2.31. The zero-order chi connectivity index (χ0) is 17.1. The van der Waals surface area contributed by atoms with E-state index in [1.807, 2.05) is 12.1 Å². The lowest BCUT2D eigenvalue weighted by Gasteiger charge is -2.15. The van der Waals surface area contributed by atoms with Gasteiger partial charge in [-0.1, -0.05) is 47.5 Å². The van der Waals surface area contributed by atoms with Crippen molar-refractivity contribution in [3.63, 3.8) is 0 Å². The molecule has 0 heterocycles. The Kier molecular flexibility index (Phi) is 5.23. The largest absolute Gasteiger partial charge is 0.506 e. The molecular formula is C17H15Cl2N3OS. The van der Waals surface area contributed by atoms with Crippen molar-refractivity contribution in [3.05, 3.63) is 63.1 Å². The summed E-state index contributed by atoms with van der Waals surface area (Å²) < 4.78 is 0. The maximum absolute atomic E-state index is 9.87. The van der Waals surface area contributed by atoms with E-state index in [-0.39, 0.29) is 16.8 Å². The second kappa shape index (κ2) is 7.38. The van der Waals surface area contributed by atoms with Gasteiger partial charge in [-0.3, -0.25) is 5.43 Å². The van der Waals surface area contributed by atoms with E-state index in [0.29, 0.717) is 15.7 Å². The van der Waals surface area contributed by atoms with Crippen molar-refractivity contribution in [2.75, 3.05) is 0 Å².